The molecule has 0 atom stereocenters. The highest BCUT2D eigenvalue weighted by Crippen LogP contribution is 2.38. The zero-order valence-corrected chi connectivity index (χ0v) is 11.3. The third kappa shape index (κ3) is 3.99. The quantitative estimate of drug-likeness (QED) is 0.840. The number of hydrogen-bond acceptors (Lipinski definition) is 4. The molecule has 0 unspecified atom stereocenters. The number of nitrogens with zero attached hydrogens (tertiary/aromatic N) is 2. The molecule has 1 aromatic rings. The van der Waals surface area contributed by atoms with Crippen LogP contribution in [0, 0.1) is 5.41 Å². The minimum atomic E-state index is 0.0218. The van der Waals surface area contributed by atoms with Gasteiger partial charge in [-0.2, -0.15) is 0 Å². The number of nitrogens with one attached hydrogen (secondary N) is 1. The molecule has 2 rings (SSSR count). The molecule has 0 saturated heterocycles. The maximum Gasteiger partial charge on any atom is 0.220 e. The Kier molecular flexibility index (Phi) is 4.85. The van der Waals surface area contributed by atoms with Gasteiger partial charge in [0.05, 0.1) is 12.2 Å². The van der Waals surface area contributed by atoms with Gasteiger partial charge in [-0.3, -0.25) is 4.79 Å². The van der Waals surface area contributed by atoms with Crippen molar-refractivity contribution in [1.82, 2.24) is 15.3 Å². The summed E-state index contributed by atoms with van der Waals surface area (Å²) in [5, 5.41) is 2.92. The van der Waals surface area contributed by atoms with Crippen molar-refractivity contribution in [3.8, 4) is 0 Å². The fraction of sp³-hybridized carbons (Fsp3) is 0.643. The van der Waals surface area contributed by atoms with E-state index in [0.717, 1.165) is 18.5 Å². The summed E-state index contributed by atoms with van der Waals surface area (Å²) in [5.74, 6) is 0.0750. The summed E-state index contributed by atoms with van der Waals surface area (Å²) in [5.41, 5.74) is 6.74. The Labute approximate surface area is 114 Å². The van der Waals surface area contributed by atoms with Gasteiger partial charge in [0.25, 0.3) is 0 Å². The van der Waals surface area contributed by atoms with Gasteiger partial charge in [0.1, 0.15) is 6.33 Å². The summed E-state index contributed by atoms with van der Waals surface area (Å²) in [7, 11) is 0. The second-order valence-electron chi connectivity index (χ2n) is 5.42. The van der Waals surface area contributed by atoms with E-state index in [-0.39, 0.29) is 11.3 Å². The molecular weight excluding hydrogens is 240 g/mol. The lowest BCUT2D eigenvalue weighted by Crippen LogP contribution is -2.38. The van der Waals surface area contributed by atoms with Gasteiger partial charge in [-0.05, 0) is 30.9 Å². The van der Waals surface area contributed by atoms with Crippen LogP contribution in [-0.2, 0) is 11.3 Å². The predicted octanol–water partition coefficient (Wildman–Crippen LogP) is 1.39. The van der Waals surface area contributed by atoms with E-state index in [0.29, 0.717) is 19.5 Å². The minimum absolute atomic E-state index is 0.0218. The number of amides is 1. The Morgan fingerprint density at radius 1 is 1.37 bits per heavy atom. The first-order chi connectivity index (χ1) is 9.24. The first kappa shape index (κ1) is 13.9. The molecule has 19 heavy (non-hydrogen) atoms. The first-order valence-corrected chi connectivity index (χ1v) is 6.96. The van der Waals surface area contributed by atoms with E-state index in [1.807, 2.05) is 0 Å². The fourth-order valence-electron chi connectivity index (χ4n) is 2.77. The van der Waals surface area contributed by atoms with Crippen LogP contribution in [-0.4, -0.2) is 22.4 Å². The molecular formula is C14H22N4O. The van der Waals surface area contributed by atoms with Crippen molar-refractivity contribution in [2.45, 2.75) is 45.1 Å². The van der Waals surface area contributed by atoms with Crippen molar-refractivity contribution in [1.29, 1.82) is 0 Å². The van der Waals surface area contributed by atoms with E-state index in [2.05, 4.69) is 15.3 Å². The topological polar surface area (TPSA) is 80.9 Å². The Bertz CT molecular complexity index is 401. The van der Waals surface area contributed by atoms with Crippen LogP contribution in [0.15, 0.2) is 18.6 Å². The van der Waals surface area contributed by atoms with E-state index >= 15 is 0 Å². The zero-order valence-electron chi connectivity index (χ0n) is 11.3. The summed E-state index contributed by atoms with van der Waals surface area (Å²) in [6.07, 6.45) is 9.50. The standard InChI is InChI=1S/C14H22N4O/c15-10-14(5-2-1-3-6-14)8-13(19)17-9-12-4-7-16-11-18-12/h4,7,11H,1-3,5-6,8-10,15H2,(H,17,19). The normalized spacial score (nSPS) is 17.9. The third-order valence-electron chi connectivity index (χ3n) is 3.99. The number of aromatic nitrogens is 2. The molecule has 0 bridgehead atoms. The number of carbonyl (C=O) groups excluding carboxylic acids is 1. The summed E-state index contributed by atoms with van der Waals surface area (Å²) in [6, 6.07) is 1.81. The number of carbonyl (C=O) groups is 1. The van der Waals surface area contributed by atoms with Gasteiger partial charge in [0.2, 0.25) is 5.91 Å². The smallest absolute Gasteiger partial charge is 0.220 e. The van der Waals surface area contributed by atoms with E-state index in [4.69, 9.17) is 5.73 Å². The molecule has 1 amide bonds. The fourth-order valence-corrected chi connectivity index (χ4v) is 2.77. The number of nitrogens with two attached hydrogens (primary N) is 1. The SMILES string of the molecule is NCC1(CC(=O)NCc2ccncn2)CCCCC1. The van der Waals surface area contributed by atoms with Gasteiger partial charge < -0.3 is 11.1 Å². The van der Waals surface area contributed by atoms with Crippen LogP contribution in [0.25, 0.3) is 0 Å². The summed E-state index contributed by atoms with van der Waals surface area (Å²) in [4.78, 5) is 20.0. The number of rotatable bonds is 5. The monoisotopic (exact) mass is 262 g/mol. The average Bonchev–Trinajstić information content (AvgIpc) is 2.47. The van der Waals surface area contributed by atoms with E-state index in [1.54, 1.807) is 12.3 Å². The van der Waals surface area contributed by atoms with Gasteiger partial charge in [0.15, 0.2) is 0 Å². The lowest BCUT2D eigenvalue weighted by atomic mass is 9.71. The lowest BCUT2D eigenvalue weighted by Gasteiger charge is -2.35. The molecule has 0 aromatic carbocycles. The molecule has 1 aliphatic rings. The predicted molar refractivity (Wildman–Crippen MR) is 73.1 cm³/mol. The van der Waals surface area contributed by atoms with Crippen molar-refractivity contribution in [2.24, 2.45) is 11.1 Å². The molecule has 104 valence electrons. The van der Waals surface area contributed by atoms with Crippen LogP contribution >= 0.6 is 0 Å². The van der Waals surface area contributed by atoms with Crippen molar-refractivity contribution >= 4 is 5.91 Å². The van der Waals surface area contributed by atoms with Gasteiger partial charge >= 0.3 is 0 Å². The third-order valence-corrected chi connectivity index (χ3v) is 3.99. The maximum atomic E-state index is 12.0. The Balaban J connectivity index is 1.83. The maximum absolute atomic E-state index is 12.0. The van der Waals surface area contributed by atoms with Crippen molar-refractivity contribution in [3.63, 3.8) is 0 Å². The Hall–Kier alpha value is -1.49. The zero-order chi connectivity index (χ0) is 13.6. The second kappa shape index (κ2) is 6.61. The average molecular weight is 262 g/mol. The van der Waals surface area contributed by atoms with E-state index in [9.17, 15) is 4.79 Å². The Morgan fingerprint density at radius 2 is 2.16 bits per heavy atom. The molecule has 5 heteroatoms. The van der Waals surface area contributed by atoms with Crippen molar-refractivity contribution in [2.75, 3.05) is 6.54 Å². The molecule has 1 aromatic heterocycles. The molecule has 1 fully saturated rings. The molecule has 1 heterocycles. The largest absolute Gasteiger partial charge is 0.350 e. The van der Waals surface area contributed by atoms with Gasteiger partial charge in [-0.15, -0.1) is 0 Å². The molecule has 3 N–H and O–H groups in total. The highest BCUT2D eigenvalue weighted by atomic mass is 16.1. The van der Waals surface area contributed by atoms with Gasteiger partial charge in [-0.1, -0.05) is 19.3 Å². The van der Waals surface area contributed by atoms with E-state index in [1.165, 1.54) is 25.6 Å². The number of hydrogen-bond donors (Lipinski definition) is 2. The lowest BCUT2D eigenvalue weighted by molar-refractivity contribution is -0.124. The highest BCUT2D eigenvalue weighted by Gasteiger charge is 2.32. The second-order valence-corrected chi connectivity index (χ2v) is 5.42. The highest BCUT2D eigenvalue weighted by molar-refractivity contribution is 5.76. The van der Waals surface area contributed by atoms with Crippen LogP contribution in [0.4, 0.5) is 0 Å². The summed E-state index contributed by atoms with van der Waals surface area (Å²) >= 11 is 0. The van der Waals surface area contributed by atoms with Crippen molar-refractivity contribution < 1.29 is 4.79 Å². The molecule has 0 radical (unpaired) electrons. The molecule has 0 spiro atoms. The van der Waals surface area contributed by atoms with Gasteiger partial charge in [-0.25, -0.2) is 9.97 Å². The molecule has 1 aliphatic carbocycles. The summed E-state index contributed by atoms with van der Waals surface area (Å²) in [6.45, 7) is 1.07. The molecule has 0 aliphatic heterocycles. The van der Waals surface area contributed by atoms with Crippen LogP contribution in [0.3, 0.4) is 0 Å². The van der Waals surface area contributed by atoms with Crippen LogP contribution in [0.2, 0.25) is 0 Å². The first-order valence-electron chi connectivity index (χ1n) is 6.96. The van der Waals surface area contributed by atoms with Crippen LogP contribution in [0.1, 0.15) is 44.2 Å². The minimum Gasteiger partial charge on any atom is -0.350 e. The molecule has 5 nitrogen and oxygen atoms in total. The van der Waals surface area contributed by atoms with Crippen LogP contribution < -0.4 is 11.1 Å². The Morgan fingerprint density at radius 3 is 2.79 bits per heavy atom. The molecule has 1 saturated carbocycles. The van der Waals surface area contributed by atoms with Crippen LogP contribution in [0.5, 0.6) is 0 Å². The van der Waals surface area contributed by atoms with Gasteiger partial charge in [0, 0.05) is 12.6 Å². The van der Waals surface area contributed by atoms with E-state index < -0.39 is 0 Å². The summed E-state index contributed by atoms with van der Waals surface area (Å²) < 4.78 is 0. The van der Waals surface area contributed by atoms with Crippen molar-refractivity contribution in [3.05, 3.63) is 24.3 Å².